The summed E-state index contributed by atoms with van der Waals surface area (Å²) in [5.41, 5.74) is 3.96. The van der Waals surface area contributed by atoms with Crippen molar-refractivity contribution in [3.63, 3.8) is 0 Å². The molecule has 0 aliphatic carbocycles. The van der Waals surface area contributed by atoms with E-state index < -0.39 is 5.72 Å². The van der Waals surface area contributed by atoms with Gasteiger partial charge in [0.05, 0.1) is 6.07 Å². The number of rotatable bonds is 2. The smallest absolute Gasteiger partial charge is 0.111 e. The van der Waals surface area contributed by atoms with Crippen molar-refractivity contribution in [3.8, 4) is 6.07 Å². The first kappa shape index (κ1) is 7.41. The largest absolute Gasteiger partial charge is 0.376 e. The zero-order valence-corrected chi connectivity index (χ0v) is 4.89. The molecule has 3 heteroatoms. The molecule has 0 radical (unpaired) electrons. The molecule has 0 saturated carbocycles. The van der Waals surface area contributed by atoms with E-state index in [-0.39, 0.29) is 0 Å². The van der Waals surface area contributed by atoms with Crippen molar-refractivity contribution in [2.75, 3.05) is 0 Å². The molecule has 0 fully saturated rings. The van der Waals surface area contributed by atoms with Crippen molar-refractivity contribution in [3.05, 3.63) is 0 Å². The molecule has 0 aromatic carbocycles. The lowest BCUT2D eigenvalue weighted by Crippen LogP contribution is -2.34. The summed E-state index contributed by atoms with van der Waals surface area (Å²) in [4.78, 5) is 0. The second-order valence-corrected chi connectivity index (χ2v) is 2.02. The molecule has 3 nitrogen and oxygen atoms in total. The number of nitrogens with two attached hydrogens (primary N) is 1. The lowest BCUT2D eigenvalue weighted by atomic mass is 10.1. The Morgan fingerprint density at radius 1 is 1.88 bits per heavy atom. The molecule has 3 N–H and O–H groups in total. The monoisotopic (exact) mass is 114 g/mol. The molecule has 0 amide bonds. The van der Waals surface area contributed by atoms with Crippen LogP contribution in [0, 0.1) is 11.3 Å². The Balaban J connectivity index is 3.28. The summed E-state index contributed by atoms with van der Waals surface area (Å²) in [7, 11) is 0. The standard InChI is InChI=1S/C5H10N2O/c1-5(7,8)3-2-4-6/h8H,2-3,7H2,1H3/t5-/m0/s1. The van der Waals surface area contributed by atoms with Crippen LogP contribution >= 0.6 is 0 Å². The molecule has 0 unspecified atom stereocenters. The van der Waals surface area contributed by atoms with Crippen LogP contribution in [0.3, 0.4) is 0 Å². The summed E-state index contributed by atoms with van der Waals surface area (Å²) in [6.45, 7) is 1.48. The zero-order valence-electron chi connectivity index (χ0n) is 4.89. The molecule has 0 aliphatic rings. The van der Waals surface area contributed by atoms with Crippen LogP contribution in [-0.4, -0.2) is 10.8 Å². The van der Waals surface area contributed by atoms with Gasteiger partial charge in [-0.05, 0) is 6.92 Å². The first-order chi connectivity index (χ1) is 3.56. The minimum absolute atomic E-state index is 0.309. The lowest BCUT2D eigenvalue weighted by molar-refractivity contribution is 0.0594. The van der Waals surface area contributed by atoms with Crippen LogP contribution in [0.15, 0.2) is 0 Å². The number of hydrogen-bond acceptors (Lipinski definition) is 3. The fourth-order valence-electron chi connectivity index (χ4n) is 0.309. The Hall–Kier alpha value is -0.590. The van der Waals surface area contributed by atoms with Crippen LogP contribution in [-0.2, 0) is 0 Å². The van der Waals surface area contributed by atoms with Crippen LogP contribution in [0.5, 0.6) is 0 Å². The molecule has 8 heavy (non-hydrogen) atoms. The van der Waals surface area contributed by atoms with E-state index in [0.29, 0.717) is 12.8 Å². The van der Waals surface area contributed by atoms with Crippen molar-refractivity contribution in [2.24, 2.45) is 5.73 Å². The molecular formula is C5H10N2O. The third kappa shape index (κ3) is 5.41. The van der Waals surface area contributed by atoms with Gasteiger partial charge in [-0.1, -0.05) is 0 Å². The van der Waals surface area contributed by atoms with Gasteiger partial charge in [-0.25, -0.2) is 0 Å². The maximum atomic E-state index is 8.78. The molecule has 0 spiro atoms. The quantitative estimate of drug-likeness (QED) is 0.495. The molecule has 0 rings (SSSR count). The molecule has 0 bridgehead atoms. The highest BCUT2D eigenvalue weighted by Gasteiger charge is 2.10. The minimum atomic E-state index is -1.17. The van der Waals surface area contributed by atoms with Gasteiger partial charge in [0.15, 0.2) is 0 Å². The molecule has 0 saturated heterocycles. The first-order valence-corrected chi connectivity index (χ1v) is 2.44. The summed E-state index contributed by atoms with van der Waals surface area (Å²) in [5.74, 6) is 0. The van der Waals surface area contributed by atoms with Gasteiger partial charge in [0.1, 0.15) is 5.72 Å². The van der Waals surface area contributed by atoms with E-state index >= 15 is 0 Å². The Labute approximate surface area is 48.7 Å². The highest BCUT2D eigenvalue weighted by Crippen LogP contribution is 2.01. The summed E-state index contributed by atoms with van der Waals surface area (Å²) >= 11 is 0. The van der Waals surface area contributed by atoms with Crippen LogP contribution in [0.1, 0.15) is 19.8 Å². The van der Waals surface area contributed by atoms with Gasteiger partial charge in [-0.3, -0.25) is 0 Å². The Morgan fingerprint density at radius 3 is 2.50 bits per heavy atom. The van der Waals surface area contributed by atoms with Crippen molar-refractivity contribution in [1.82, 2.24) is 0 Å². The summed E-state index contributed by atoms with van der Waals surface area (Å²) in [5, 5.41) is 16.8. The zero-order chi connectivity index (χ0) is 6.62. The molecule has 1 atom stereocenters. The minimum Gasteiger partial charge on any atom is -0.376 e. The van der Waals surface area contributed by atoms with Crippen LogP contribution in [0.25, 0.3) is 0 Å². The van der Waals surface area contributed by atoms with E-state index in [1.165, 1.54) is 6.92 Å². The number of nitriles is 1. The van der Waals surface area contributed by atoms with Crippen LogP contribution in [0.4, 0.5) is 0 Å². The van der Waals surface area contributed by atoms with E-state index in [1.54, 1.807) is 0 Å². The van der Waals surface area contributed by atoms with Gasteiger partial charge in [0.2, 0.25) is 0 Å². The van der Waals surface area contributed by atoms with Gasteiger partial charge in [0, 0.05) is 12.8 Å². The van der Waals surface area contributed by atoms with Crippen LogP contribution < -0.4 is 5.73 Å². The predicted octanol–water partition coefficient (Wildman–Crippen LogP) is -0.0426. The number of nitrogens with zero attached hydrogens (tertiary/aromatic N) is 1. The van der Waals surface area contributed by atoms with E-state index in [9.17, 15) is 0 Å². The highest BCUT2D eigenvalue weighted by atomic mass is 16.3. The molecular weight excluding hydrogens is 104 g/mol. The SMILES string of the molecule is C[C@](N)(O)CCC#N. The Kier molecular flexibility index (Phi) is 2.46. The highest BCUT2D eigenvalue weighted by molar-refractivity contribution is 4.74. The normalized spacial score (nSPS) is 16.8. The van der Waals surface area contributed by atoms with Crippen molar-refractivity contribution >= 4 is 0 Å². The lowest BCUT2D eigenvalue weighted by Gasteiger charge is -2.13. The third-order valence-electron chi connectivity index (χ3n) is 0.743. The maximum Gasteiger partial charge on any atom is 0.111 e. The van der Waals surface area contributed by atoms with Gasteiger partial charge in [0.25, 0.3) is 0 Å². The molecule has 46 valence electrons. The second kappa shape index (κ2) is 2.65. The predicted molar refractivity (Wildman–Crippen MR) is 29.7 cm³/mol. The van der Waals surface area contributed by atoms with Crippen LogP contribution in [0.2, 0.25) is 0 Å². The van der Waals surface area contributed by atoms with Gasteiger partial charge in [-0.2, -0.15) is 5.26 Å². The average molecular weight is 114 g/mol. The van der Waals surface area contributed by atoms with Gasteiger partial charge >= 0.3 is 0 Å². The summed E-state index contributed by atoms with van der Waals surface area (Å²) in [6, 6.07) is 1.88. The van der Waals surface area contributed by atoms with E-state index in [0.717, 1.165) is 0 Å². The van der Waals surface area contributed by atoms with Crippen molar-refractivity contribution < 1.29 is 5.11 Å². The molecule has 0 heterocycles. The topological polar surface area (TPSA) is 70.0 Å². The fourth-order valence-corrected chi connectivity index (χ4v) is 0.309. The first-order valence-electron chi connectivity index (χ1n) is 2.44. The van der Waals surface area contributed by atoms with Crippen molar-refractivity contribution in [1.29, 1.82) is 5.26 Å². The number of hydrogen-bond donors (Lipinski definition) is 2. The summed E-state index contributed by atoms with van der Waals surface area (Å²) in [6.07, 6.45) is 0.646. The van der Waals surface area contributed by atoms with Crippen molar-refractivity contribution in [2.45, 2.75) is 25.5 Å². The van der Waals surface area contributed by atoms with Gasteiger partial charge in [-0.15, -0.1) is 0 Å². The van der Waals surface area contributed by atoms with E-state index in [1.807, 2.05) is 6.07 Å². The van der Waals surface area contributed by atoms with E-state index in [2.05, 4.69) is 0 Å². The Morgan fingerprint density at radius 2 is 2.38 bits per heavy atom. The third-order valence-corrected chi connectivity index (χ3v) is 0.743. The molecule has 0 aromatic heterocycles. The fraction of sp³-hybridized carbons (Fsp3) is 0.800. The number of aliphatic hydroxyl groups is 1. The van der Waals surface area contributed by atoms with E-state index in [4.69, 9.17) is 16.1 Å². The summed E-state index contributed by atoms with van der Waals surface area (Å²) < 4.78 is 0. The Bertz CT molecular complexity index is 98.0. The van der Waals surface area contributed by atoms with Gasteiger partial charge < -0.3 is 10.8 Å². The average Bonchev–Trinajstić information content (AvgIpc) is 1.59. The molecule has 0 aromatic rings. The second-order valence-electron chi connectivity index (χ2n) is 2.02. The maximum absolute atomic E-state index is 8.78. The molecule has 0 aliphatic heterocycles.